The maximum atomic E-state index is 12.2. The van der Waals surface area contributed by atoms with Crippen molar-refractivity contribution in [2.75, 3.05) is 59.4 Å². The lowest BCUT2D eigenvalue weighted by molar-refractivity contribution is -0.136. The summed E-state index contributed by atoms with van der Waals surface area (Å²) in [5.74, 6) is -0.264. The summed E-state index contributed by atoms with van der Waals surface area (Å²) >= 11 is 0. The fourth-order valence-corrected chi connectivity index (χ4v) is 2.55. The molecule has 2 rings (SSSR count). The molecule has 0 radical (unpaired) electrons. The summed E-state index contributed by atoms with van der Waals surface area (Å²) in [4.78, 5) is 29.6. The van der Waals surface area contributed by atoms with Crippen LogP contribution in [0, 0.1) is 0 Å². The van der Waals surface area contributed by atoms with Crippen LogP contribution in [0.1, 0.15) is 0 Å². The molecule has 1 unspecified atom stereocenters. The van der Waals surface area contributed by atoms with Gasteiger partial charge in [0.15, 0.2) is 0 Å². The van der Waals surface area contributed by atoms with Gasteiger partial charge in [0.2, 0.25) is 11.8 Å². The van der Waals surface area contributed by atoms with Crippen LogP contribution in [0.4, 0.5) is 0 Å². The van der Waals surface area contributed by atoms with Crippen LogP contribution in [0.3, 0.4) is 0 Å². The van der Waals surface area contributed by atoms with E-state index in [4.69, 9.17) is 5.73 Å². The van der Waals surface area contributed by atoms with Gasteiger partial charge in [-0.05, 0) is 7.05 Å². The Bertz CT molecular complexity index is 341. The van der Waals surface area contributed by atoms with Gasteiger partial charge in [-0.2, -0.15) is 0 Å². The summed E-state index contributed by atoms with van der Waals surface area (Å²) in [5, 5.41) is 3.13. The van der Waals surface area contributed by atoms with E-state index in [0.717, 1.165) is 32.7 Å². The van der Waals surface area contributed by atoms with Crippen molar-refractivity contribution in [1.29, 1.82) is 0 Å². The number of amides is 2. The van der Waals surface area contributed by atoms with Crippen LogP contribution in [0.5, 0.6) is 0 Å². The zero-order valence-corrected chi connectivity index (χ0v) is 11.5. The quantitative estimate of drug-likeness (QED) is 0.593. The van der Waals surface area contributed by atoms with E-state index in [1.165, 1.54) is 0 Å². The first kappa shape index (κ1) is 14.2. The number of carbonyl (C=O) groups is 2. The summed E-state index contributed by atoms with van der Waals surface area (Å²) in [6.45, 7) is 5.65. The molecule has 2 saturated heterocycles. The molecular weight excluding hydrogens is 246 g/mol. The molecule has 2 amide bonds. The van der Waals surface area contributed by atoms with Crippen molar-refractivity contribution in [2.24, 2.45) is 5.73 Å². The van der Waals surface area contributed by atoms with Gasteiger partial charge in [-0.3, -0.25) is 14.5 Å². The molecule has 3 N–H and O–H groups in total. The molecule has 7 heteroatoms. The highest BCUT2D eigenvalue weighted by atomic mass is 16.2. The maximum Gasteiger partial charge on any atom is 0.236 e. The third-order valence-corrected chi connectivity index (χ3v) is 3.88. The van der Waals surface area contributed by atoms with Gasteiger partial charge in [-0.25, -0.2) is 0 Å². The van der Waals surface area contributed by atoms with Gasteiger partial charge >= 0.3 is 0 Å². The summed E-state index contributed by atoms with van der Waals surface area (Å²) < 4.78 is 0. The minimum Gasteiger partial charge on any atom is -0.368 e. The number of nitrogens with zero attached hydrogens (tertiary/aromatic N) is 3. The van der Waals surface area contributed by atoms with Crippen LogP contribution in [0.2, 0.25) is 0 Å². The third-order valence-electron chi connectivity index (χ3n) is 3.88. The Hall–Kier alpha value is -1.18. The number of primary amides is 1. The van der Waals surface area contributed by atoms with Crippen molar-refractivity contribution in [3.63, 3.8) is 0 Å². The molecule has 0 aromatic heterocycles. The van der Waals surface area contributed by atoms with Crippen molar-refractivity contribution >= 4 is 11.8 Å². The summed E-state index contributed by atoms with van der Waals surface area (Å²) in [5.41, 5.74) is 5.38. The Morgan fingerprint density at radius 1 is 1.21 bits per heavy atom. The molecule has 2 fully saturated rings. The van der Waals surface area contributed by atoms with Crippen LogP contribution in [0.25, 0.3) is 0 Å². The van der Waals surface area contributed by atoms with Crippen LogP contribution < -0.4 is 11.1 Å². The van der Waals surface area contributed by atoms with Crippen LogP contribution in [-0.4, -0.2) is 92.0 Å². The molecule has 108 valence electrons. The molecular formula is C12H23N5O2. The molecule has 2 aliphatic rings. The molecule has 0 aromatic rings. The molecule has 0 bridgehead atoms. The first-order valence-corrected chi connectivity index (χ1v) is 6.78. The number of piperazine rings is 2. The minimum atomic E-state index is -0.370. The lowest BCUT2D eigenvalue weighted by Crippen LogP contribution is -2.59. The van der Waals surface area contributed by atoms with E-state index in [1.807, 2.05) is 9.80 Å². The van der Waals surface area contributed by atoms with E-state index in [2.05, 4.69) is 17.3 Å². The second-order valence-corrected chi connectivity index (χ2v) is 5.28. The Morgan fingerprint density at radius 3 is 2.53 bits per heavy atom. The fraction of sp³-hybridized carbons (Fsp3) is 0.833. The zero-order chi connectivity index (χ0) is 13.8. The molecule has 7 nitrogen and oxygen atoms in total. The van der Waals surface area contributed by atoms with E-state index in [9.17, 15) is 9.59 Å². The van der Waals surface area contributed by atoms with E-state index in [-0.39, 0.29) is 17.9 Å². The van der Waals surface area contributed by atoms with Crippen LogP contribution >= 0.6 is 0 Å². The number of likely N-dealkylation sites (N-methyl/N-ethyl adjacent to an activating group) is 1. The second-order valence-electron chi connectivity index (χ2n) is 5.28. The van der Waals surface area contributed by atoms with Gasteiger partial charge in [0.1, 0.15) is 6.04 Å². The fourth-order valence-electron chi connectivity index (χ4n) is 2.55. The number of hydrogen-bond donors (Lipinski definition) is 2. The monoisotopic (exact) mass is 269 g/mol. The normalized spacial score (nSPS) is 26.4. The lowest BCUT2D eigenvalue weighted by Gasteiger charge is -2.37. The van der Waals surface area contributed by atoms with Gasteiger partial charge in [0.05, 0.1) is 6.54 Å². The first-order chi connectivity index (χ1) is 9.08. The van der Waals surface area contributed by atoms with Crippen molar-refractivity contribution in [1.82, 2.24) is 20.0 Å². The molecule has 1 atom stereocenters. The molecule has 0 spiro atoms. The Labute approximate surface area is 113 Å². The predicted molar refractivity (Wildman–Crippen MR) is 71.5 cm³/mol. The number of nitrogens with two attached hydrogens (primary N) is 1. The van der Waals surface area contributed by atoms with Crippen LogP contribution in [0.15, 0.2) is 0 Å². The maximum absolute atomic E-state index is 12.2. The summed E-state index contributed by atoms with van der Waals surface area (Å²) in [6, 6.07) is -0.370. The van der Waals surface area contributed by atoms with E-state index < -0.39 is 0 Å². The van der Waals surface area contributed by atoms with Gasteiger partial charge in [-0.15, -0.1) is 0 Å². The van der Waals surface area contributed by atoms with Gasteiger partial charge in [-0.1, -0.05) is 0 Å². The summed E-state index contributed by atoms with van der Waals surface area (Å²) in [7, 11) is 2.06. The lowest BCUT2D eigenvalue weighted by atomic mass is 10.1. The molecule has 0 aromatic carbocycles. The zero-order valence-electron chi connectivity index (χ0n) is 11.5. The summed E-state index contributed by atoms with van der Waals surface area (Å²) in [6.07, 6.45) is 0. The van der Waals surface area contributed by atoms with Gasteiger partial charge in [0.25, 0.3) is 0 Å². The molecule has 19 heavy (non-hydrogen) atoms. The molecule has 0 saturated carbocycles. The Kier molecular flexibility index (Phi) is 4.73. The standard InChI is InChI=1S/C12H23N5O2/c1-15-4-6-16(7-5-15)11(18)9-17-3-2-14-8-10(17)12(13)19/h10,14H,2-9H2,1H3,(H2,13,19). The first-order valence-electron chi connectivity index (χ1n) is 6.78. The smallest absolute Gasteiger partial charge is 0.236 e. The average Bonchev–Trinajstić information content (AvgIpc) is 2.39. The predicted octanol–water partition coefficient (Wildman–Crippen LogP) is -2.48. The minimum absolute atomic E-state index is 0.0984. The molecule has 0 aliphatic carbocycles. The van der Waals surface area contributed by atoms with E-state index >= 15 is 0 Å². The average molecular weight is 269 g/mol. The Morgan fingerprint density at radius 2 is 1.89 bits per heavy atom. The highest BCUT2D eigenvalue weighted by Crippen LogP contribution is 2.06. The van der Waals surface area contributed by atoms with E-state index in [0.29, 0.717) is 19.6 Å². The highest BCUT2D eigenvalue weighted by molar-refractivity contribution is 5.83. The van der Waals surface area contributed by atoms with E-state index in [1.54, 1.807) is 0 Å². The number of hydrogen-bond acceptors (Lipinski definition) is 5. The highest BCUT2D eigenvalue weighted by Gasteiger charge is 2.30. The second kappa shape index (κ2) is 6.31. The SMILES string of the molecule is CN1CCN(C(=O)CN2CCNCC2C(N)=O)CC1. The van der Waals surface area contributed by atoms with Gasteiger partial charge < -0.3 is 20.9 Å². The third kappa shape index (κ3) is 3.65. The number of rotatable bonds is 3. The van der Waals surface area contributed by atoms with Crippen LogP contribution in [-0.2, 0) is 9.59 Å². The molecule has 2 aliphatic heterocycles. The number of nitrogens with one attached hydrogen (secondary N) is 1. The Balaban J connectivity index is 1.88. The van der Waals surface area contributed by atoms with Crippen molar-refractivity contribution in [3.8, 4) is 0 Å². The van der Waals surface area contributed by atoms with Crippen molar-refractivity contribution in [2.45, 2.75) is 6.04 Å². The van der Waals surface area contributed by atoms with Crippen molar-refractivity contribution in [3.05, 3.63) is 0 Å². The largest absolute Gasteiger partial charge is 0.368 e. The molecule has 2 heterocycles. The van der Waals surface area contributed by atoms with Crippen molar-refractivity contribution < 1.29 is 9.59 Å². The number of carbonyl (C=O) groups excluding carboxylic acids is 2. The van der Waals surface area contributed by atoms with Gasteiger partial charge in [0, 0.05) is 45.8 Å². The topological polar surface area (TPSA) is 81.9 Å².